The summed E-state index contributed by atoms with van der Waals surface area (Å²) in [5.41, 5.74) is 6.89. The number of rotatable bonds is 4. The molecule has 0 spiro atoms. The maximum atomic E-state index is 12.2. The molecule has 8 heteroatoms. The molecule has 30 heavy (non-hydrogen) atoms. The monoisotopic (exact) mass is 419 g/mol. The van der Waals surface area contributed by atoms with E-state index in [0.29, 0.717) is 35.6 Å². The number of fused-ring (bicyclic) bond motifs is 1. The van der Waals surface area contributed by atoms with Gasteiger partial charge in [-0.25, -0.2) is 9.97 Å². The van der Waals surface area contributed by atoms with Crippen LogP contribution in [0.5, 0.6) is 0 Å². The van der Waals surface area contributed by atoms with Gasteiger partial charge in [-0.15, -0.1) is 0 Å². The Labute approximate surface area is 174 Å². The molecule has 0 bridgehead atoms. The SMILES string of the molecule is CNc1ncc(C#Cc2ccc(P(C)(C)=O)cn2)c2cc(C3(C(N)=O)CC3)ncc12. The molecule has 152 valence electrons. The first-order valence-corrected chi connectivity index (χ1v) is 12.2. The molecule has 1 amide bonds. The van der Waals surface area contributed by atoms with Crippen LogP contribution in [-0.2, 0) is 14.8 Å². The summed E-state index contributed by atoms with van der Waals surface area (Å²) in [5.74, 6) is 6.50. The second-order valence-electron chi connectivity index (χ2n) is 7.83. The van der Waals surface area contributed by atoms with Crippen molar-refractivity contribution >= 4 is 34.9 Å². The van der Waals surface area contributed by atoms with E-state index in [1.165, 1.54) is 0 Å². The maximum absolute atomic E-state index is 12.2. The average Bonchev–Trinajstić information content (AvgIpc) is 3.53. The summed E-state index contributed by atoms with van der Waals surface area (Å²) in [6.45, 7) is 3.42. The van der Waals surface area contributed by atoms with Gasteiger partial charge < -0.3 is 15.6 Å². The molecule has 3 aromatic heterocycles. The van der Waals surface area contributed by atoms with Crippen LogP contribution >= 0.6 is 7.14 Å². The van der Waals surface area contributed by atoms with Gasteiger partial charge in [-0.2, -0.15) is 0 Å². The zero-order chi connectivity index (χ0) is 21.5. The number of aromatic nitrogens is 3. The number of nitrogens with one attached hydrogen (secondary N) is 1. The number of nitrogens with zero attached hydrogens (tertiary/aromatic N) is 3. The number of hydrogen-bond acceptors (Lipinski definition) is 6. The van der Waals surface area contributed by atoms with Crippen molar-refractivity contribution in [3.05, 3.63) is 53.7 Å². The molecule has 4 rings (SSSR count). The number of primary amides is 1. The van der Waals surface area contributed by atoms with Gasteiger partial charge >= 0.3 is 0 Å². The molecule has 3 heterocycles. The van der Waals surface area contributed by atoms with Gasteiger partial charge in [0.1, 0.15) is 18.7 Å². The quantitative estimate of drug-likeness (QED) is 0.496. The van der Waals surface area contributed by atoms with Crippen molar-refractivity contribution < 1.29 is 9.36 Å². The van der Waals surface area contributed by atoms with Crippen molar-refractivity contribution in [2.24, 2.45) is 5.73 Å². The zero-order valence-electron chi connectivity index (χ0n) is 17.1. The lowest BCUT2D eigenvalue weighted by atomic mass is 9.98. The Hall–Kier alpha value is -3.23. The summed E-state index contributed by atoms with van der Waals surface area (Å²) in [7, 11) is -0.563. The Balaban J connectivity index is 1.79. The zero-order valence-corrected chi connectivity index (χ0v) is 18.0. The lowest BCUT2D eigenvalue weighted by Gasteiger charge is -2.13. The Kier molecular flexibility index (Phi) is 4.83. The van der Waals surface area contributed by atoms with E-state index in [9.17, 15) is 9.36 Å². The largest absolute Gasteiger partial charge is 0.373 e. The van der Waals surface area contributed by atoms with Crippen molar-refractivity contribution in [2.75, 3.05) is 25.7 Å². The van der Waals surface area contributed by atoms with Crippen LogP contribution in [0.2, 0.25) is 0 Å². The van der Waals surface area contributed by atoms with E-state index in [1.807, 2.05) is 6.07 Å². The van der Waals surface area contributed by atoms with Crippen molar-refractivity contribution in [3.8, 4) is 11.8 Å². The highest BCUT2D eigenvalue weighted by atomic mass is 31.2. The molecule has 7 nitrogen and oxygen atoms in total. The highest BCUT2D eigenvalue weighted by Crippen LogP contribution is 2.47. The highest BCUT2D eigenvalue weighted by molar-refractivity contribution is 7.70. The normalized spacial score (nSPS) is 14.6. The van der Waals surface area contributed by atoms with Gasteiger partial charge in [-0.05, 0) is 50.3 Å². The smallest absolute Gasteiger partial charge is 0.229 e. The number of pyridine rings is 3. The third-order valence-corrected chi connectivity index (χ3v) is 6.92. The molecule has 0 atom stereocenters. The molecule has 1 aliphatic rings. The van der Waals surface area contributed by atoms with Crippen LogP contribution in [0.15, 0.2) is 36.8 Å². The first kappa shape index (κ1) is 20.1. The fourth-order valence-corrected chi connectivity index (χ4v) is 4.13. The maximum Gasteiger partial charge on any atom is 0.229 e. The summed E-state index contributed by atoms with van der Waals surface area (Å²) in [4.78, 5) is 25.2. The Morgan fingerprint density at radius 3 is 2.43 bits per heavy atom. The standard InChI is InChI=1S/C22H22N5O2P/c1-24-20-18-13-26-19(22(8-9-22)21(23)28)10-17(18)14(11-27-20)4-5-15-6-7-16(12-25-15)30(2,3)29/h6-7,10-13H,8-9H2,1-3H3,(H2,23,28)(H,24,27). The van der Waals surface area contributed by atoms with Gasteiger partial charge in [0.15, 0.2) is 0 Å². The molecular weight excluding hydrogens is 397 g/mol. The summed E-state index contributed by atoms with van der Waals surface area (Å²) in [5, 5.41) is 5.44. The van der Waals surface area contributed by atoms with Crippen molar-refractivity contribution in [3.63, 3.8) is 0 Å². The predicted molar refractivity (Wildman–Crippen MR) is 118 cm³/mol. The van der Waals surface area contributed by atoms with Crippen LogP contribution in [0.4, 0.5) is 5.82 Å². The lowest BCUT2D eigenvalue weighted by Crippen LogP contribution is -2.29. The van der Waals surface area contributed by atoms with Gasteiger partial charge in [0, 0.05) is 41.7 Å². The van der Waals surface area contributed by atoms with E-state index in [4.69, 9.17) is 5.73 Å². The van der Waals surface area contributed by atoms with Crippen molar-refractivity contribution in [1.82, 2.24) is 15.0 Å². The second-order valence-corrected chi connectivity index (χ2v) is 11.1. The van der Waals surface area contributed by atoms with Gasteiger partial charge in [0.2, 0.25) is 5.91 Å². The third kappa shape index (κ3) is 3.55. The van der Waals surface area contributed by atoms with E-state index in [1.54, 1.807) is 51.1 Å². The van der Waals surface area contributed by atoms with Crippen molar-refractivity contribution in [1.29, 1.82) is 0 Å². The molecular formula is C22H22N5O2P. The van der Waals surface area contributed by atoms with Crippen molar-refractivity contribution in [2.45, 2.75) is 18.3 Å². The number of hydrogen-bond donors (Lipinski definition) is 2. The predicted octanol–water partition coefficient (Wildman–Crippen LogP) is 2.23. The summed E-state index contributed by atoms with van der Waals surface area (Å²) < 4.78 is 12.2. The summed E-state index contributed by atoms with van der Waals surface area (Å²) in [6.07, 6.45) is 6.43. The lowest BCUT2D eigenvalue weighted by molar-refractivity contribution is -0.120. The summed E-state index contributed by atoms with van der Waals surface area (Å²) in [6, 6.07) is 5.45. The molecule has 0 aromatic carbocycles. The number of carbonyl (C=O) groups is 1. The van der Waals surface area contributed by atoms with E-state index < -0.39 is 12.6 Å². The van der Waals surface area contributed by atoms with Crippen LogP contribution in [0.3, 0.4) is 0 Å². The summed E-state index contributed by atoms with van der Waals surface area (Å²) >= 11 is 0. The minimum absolute atomic E-state index is 0.349. The molecule has 0 unspecified atom stereocenters. The Bertz CT molecular complexity index is 1260. The van der Waals surface area contributed by atoms with E-state index in [-0.39, 0.29) is 5.91 Å². The van der Waals surface area contributed by atoms with Crippen LogP contribution in [0.1, 0.15) is 29.8 Å². The number of nitrogens with two attached hydrogens (primary N) is 1. The first-order chi connectivity index (χ1) is 14.2. The van der Waals surface area contributed by atoms with Crippen LogP contribution < -0.4 is 16.4 Å². The van der Waals surface area contributed by atoms with Gasteiger partial charge in [-0.3, -0.25) is 9.78 Å². The number of amides is 1. The minimum atomic E-state index is -2.35. The molecule has 0 radical (unpaired) electrons. The molecule has 1 saturated carbocycles. The average molecular weight is 419 g/mol. The fourth-order valence-electron chi connectivity index (χ4n) is 3.36. The Morgan fingerprint density at radius 1 is 1.10 bits per heavy atom. The van der Waals surface area contributed by atoms with E-state index in [0.717, 1.165) is 16.1 Å². The number of carbonyl (C=O) groups excluding carboxylic acids is 1. The van der Waals surface area contributed by atoms with Gasteiger partial charge in [0.25, 0.3) is 0 Å². The molecule has 1 aliphatic carbocycles. The third-order valence-electron chi connectivity index (χ3n) is 5.42. The second kappa shape index (κ2) is 7.23. The molecule has 0 aliphatic heterocycles. The van der Waals surface area contributed by atoms with E-state index in [2.05, 4.69) is 32.1 Å². The topological polar surface area (TPSA) is 111 Å². The molecule has 3 aromatic rings. The van der Waals surface area contributed by atoms with Gasteiger partial charge in [-0.1, -0.05) is 5.92 Å². The molecule has 3 N–H and O–H groups in total. The fraction of sp³-hybridized carbons (Fsp3) is 0.273. The van der Waals surface area contributed by atoms with E-state index >= 15 is 0 Å². The van der Waals surface area contributed by atoms with Crippen LogP contribution in [0, 0.1) is 11.8 Å². The van der Waals surface area contributed by atoms with Crippen LogP contribution in [-0.4, -0.2) is 41.2 Å². The first-order valence-electron chi connectivity index (χ1n) is 9.55. The Morgan fingerprint density at radius 2 is 1.87 bits per heavy atom. The number of anilines is 1. The molecule has 1 fully saturated rings. The molecule has 0 saturated heterocycles. The van der Waals surface area contributed by atoms with Gasteiger partial charge in [0.05, 0.1) is 16.7 Å². The van der Waals surface area contributed by atoms with Crippen LogP contribution in [0.25, 0.3) is 10.8 Å². The highest BCUT2D eigenvalue weighted by Gasteiger charge is 2.51. The minimum Gasteiger partial charge on any atom is -0.373 e.